The Balaban J connectivity index is 0.00000784. The summed E-state index contributed by atoms with van der Waals surface area (Å²) in [7, 11) is 0. The average Bonchev–Trinajstić information content (AvgIpc) is 2.55. The Morgan fingerprint density at radius 2 is 1.03 bits per heavy atom. The number of hydrogen-bond donors (Lipinski definition) is 0. The van der Waals surface area contributed by atoms with Crippen molar-refractivity contribution in [2.75, 3.05) is 72.0 Å². The SMILES string of the molecule is C=C(C)CN1CCN([CH-]C(C)=O)CCN(CC(C)=O)CCN(CC(C)=O)CC1.[Y]. The predicted molar refractivity (Wildman–Crippen MR) is 112 cm³/mol. The number of rotatable bonds is 8. The Labute approximate surface area is 201 Å². The molecule has 0 amide bonds. The molecule has 1 aliphatic rings. The molecular formula is C21H37N4O3Y-. The maximum Gasteiger partial charge on any atom is 0.143 e. The molecule has 0 N–H and O–H groups in total. The standard InChI is InChI=1S/C21H37N4O3.Y/c1-18(2)14-22-6-8-23(15-19(3)26)10-12-25(17-21(5)28)13-11-24(9-7-22)16-20(4)27;/h15H,1,6-14,16-17H2,2-5H3;/q-1;. The average molecular weight is 482 g/mol. The molecule has 1 heterocycles. The maximum absolute atomic E-state index is 11.7. The van der Waals surface area contributed by atoms with Crippen LogP contribution in [0.4, 0.5) is 0 Å². The molecule has 0 unspecified atom stereocenters. The molecule has 0 spiro atoms. The quantitative estimate of drug-likeness (QED) is 0.373. The minimum absolute atomic E-state index is 0. The molecule has 29 heavy (non-hydrogen) atoms. The van der Waals surface area contributed by atoms with Gasteiger partial charge in [-0.15, -0.1) is 0 Å². The summed E-state index contributed by atoms with van der Waals surface area (Å²) in [6.45, 7) is 20.2. The summed E-state index contributed by atoms with van der Waals surface area (Å²) in [5.41, 5.74) is 1.10. The van der Waals surface area contributed by atoms with Gasteiger partial charge in [-0.05, 0) is 40.8 Å². The van der Waals surface area contributed by atoms with Gasteiger partial charge < -0.3 is 9.69 Å². The van der Waals surface area contributed by atoms with E-state index in [9.17, 15) is 14.4 Å². The van der Waals surface area contributed by atoms with Gasteiger partial charge in [0.2, 0.25) is 0 Å². The van der Waals surface area contributed by atoms with Gasteiger partial charge in [-0.3, -0.25) is 30.8 Å². The van der Waals surface area contributed by atoms with Crippen LogP contribution in [-0.4, -0.2) is 109 Å². The second-order valence-electron chi connectivity index (χ2n) is 7.97. The first-order valence-electron chi connectivity index (χ1n) is 10.1. The first-order chi connectivity index (χ1) is 13.2. The van der Waals surface area contributed by atoms with Crippen molar-refractivity contribution < 1.29 is 47.1 Å². The Kier molecular flexibility index (Phi) is 15.1. The van der Waals surface area contributed by atoms with Gasteiger partial charge in [0.25, 0.3) is 0 Å². The predicted octanol–water partition coefficient (Wildman–Crippen LogP) is 0.710. The van der Waals surface area contributed by atoms with E-state index in [1.165, 1.54) is 0 Å². The van der Waals surface area contributed by atoms with E-state index in [1.807, 2.05) is 6.92 Å². The van der Waals surface area contributed by atoms with Gasteiger partial charge in [0.1, 0.15) is 11.6 Å². The Bertz CT molecular complexity index is 444. The van der Waals surface area contributed by atoms with E-state index in [0.29, 0.717) is 26.2 Å². The van der Waals surface area contributed by atoms with E-state index in [0.717, 1.165) is 51.4 Å². The zero-order valence-electron chi connectivity index (χ0n) is 18.7. The zero-order chi connectivity index (χ0) is 21.1. The monoisotopic (exact) mass is 482 g/mol. The summed E-state index contributed by atoms with van der Waals surface area (Å²) in [6.07, 6.45) is 0. The number of Topliss-reactive ketones (excluding diaryl/α,β-unsaturated/α-hetero) is 3. The molecule has 8 heteroatoms. The minimum Gasteiger partial charge on any atom is -0.432 e. The number of carbonyl (C=O) groups excluding carboxylic acids is 3. The Morgan fingerprint density at radius 3 is 1.34 bits per heavy atom. The Hall–Kier alpha value is -0.436. The zero-order valence-corrected chi connectivity index (χ0v) is 21.5. The molecule has 7 nitrogen and oxygen atoms in total. The van der Waals surface area contributed by atoms with E-state index in [4.69, 9.17) is 0 Å². The molecule has 0 atom stereocenters. The minimum atomic E-state index is 0. The van der Waals surface area contributed by atoms with E-state index < -0.39 is 0 Å². The third-order valence-corrected chi connectivity index (χ3v) is 4.62. The molecule has 1 rings (SSSR count). The van der Waals surface area contributed by atoms with Gasteiger partial charge in [0, 0.05) is 84.3 Å². The maximum atomic E-state index is 11.7. The van der Waals surface area contributed by atoms with Gasteiger partial charge in [0.15, 0.2) is 0 Å². The molecule has 1 radical (unpaired) electrons. The fourth-order valence-corrected chi connectivity index (χ4v) is 3.42. The van der Waals surface area contributed by atoms with Gasteiger partial charge in [0.05, 0.1) is 13.1 Å². The number of ketones is 3. The first kappa shape index (κ1) is 28.6. The third-order valence-electron chi connectivity index (χ3n) is 4.62. The summed E-state index contributed by atoms with van der Waals surface area (Å²) in [6, 6.07) is 0. The summed E-state index contributed by atoms with van der Waals surface area (Å²) < 4.78 is 0. The molecule has 0 aliphatic carbocycles. The molecule has 1 saturated heterocycles. The van der Waals surface area contributed by atoms with Crippen molar-refractivity contribution in [2.24, 2.45) is 0 Å². The molecule has 0 saturated carbocycles. The van der Waals surface area contributed by atoms with Crippen molar-refractivity contribution in [1.29, 1.82) is 0 Å². The normalized spacial score (nSPS) is 18.8. The van der Waals surface area contributed by atoms with Crippen LogP contribution < -0.4 is 0 Å². The van der Waals surface area contributed by atoms with E-state index >= 15 is 0 Å². The van der Waals surface area contributed by atoms with E-state index in [-0.39, 0.29) is 50.1 Å². The van der Waals surface area contributed by atoms with Crippen molar-refractivity contribution in [3.05, 3.63) is 18.7 Å². The molecule has 0 bridgehead atoms. The van der Waals surface area contributed by atoms with Crippen LogP contribution in [0.5, 0.6) is 0 Å². The molecule has 0 aromatic rings. The van der Waals surface area contributed by atoms with Crippen LogP contribution in [0.25, 0.3) is 0 Å². The topological polar surface area (TPSA) is 64.2 Å². The summed E-state index contributed by atoms with van der Waals surface area (Å²) in [4.78, 5) is 43.6. The van der Waals surface area contributed by atoms with E-state index in [1.54, 1.807) is 27.3 Å². The Morgan fingerprint density at radius 1 is 0.690 bits per heavy atom. The van der Waals surface area contributed by atoms with Crippen molar-refractivity contribution >= 4 is 17.3 Å². The summed E-state index contributed by atoms with van der Waals surface area (Å²) >= 11 is 0. The summed E-state index contributed by atoms with van der Waals surface area (Å²) in [5.74, 6) is 0.308. The molecule has 0 aromatic carbocycles. The number of hydrogen-bond acceptors (Lipinski definition) is 7. The largest absolute Gasteiger partial charge is 0.432 e. The van der Waals surface area contributed by atoms with Crippen molar-refractivity contribution in [1.82, 2.24) is 19.6 Å². The van der Waals surface area contributed by atoms with Crippen LogP contribution in [0.15, 0.2) is 12.2 Å². The van der Waals surface area contributed by atoms with Crippen LogP contribution in [0.2, 0.25) is 0 Å². The van der Waals surface area contributed by atoms with Gasteiger partial charge >= 0.3 is 0 Å². The first-order valence-corrected chi connectivity index (χ1v) is 10.1. The molecule has 0 aromatic heterocycles. The fraction of sp³-hybridized carbons (Fsp3) is 0.714. The van der Waals surface area contributed by atoms with Crippen LogP contribution in [0.3, 0.4) is 0 Å². The van der Waals surface area contributed by atoms with Crippen LogP contribution in [0.1, 0.15) is 27.7 Å². The molecule has 1 aliphatic heterocycles. The fourth-order valence-electron chi connectivity index (χ4n) is 3.42. The van der Waals surface area contributed by atoms with E-state index in [2.05, 4.69) is 26.2 Å². The molecule has 1 fully saturated rings. The van der Waals surface area contributed by atoms with Crippen LogP contribution in [-0.2, 0) is 47.1 Å². The third kappa shape index (κ3) is 14.2. The van der Waals surface area contributed by atoms with Gasteiger partial charge in [-0.2, -0.15) is 0 Å². The van der Waals surface area contributed by atoms with Crippen molar-refractivity contribution in [3.63, 3.8) is 0 Å². The second kappa shape index (κ2) is 15.4. The number of nitrogens with zero attached hydrogens (tertiary/aromatic N) is 4. The summed E-state index contributed by atoms with van der Waals surface area (Å²) in [5, 5.41) is 0. The smallest absolute Gasteiger partial charge is 0.143 e. The van der Waals surface area contributed by atoms with Gasteiger partial charge in [-0.25, -0.2) is 0 Å². The van der Waals surface area contributed by atoms with Crippen molar-refractivity contribution in [3.8, 4) is 0 Å². The molecule has 163 valence electrons. The van der Waals surface area contributed by atoms with Crippen LogP contribution >= 0.6 is 0 Å². The van der Waals surface area contributed by atoms with Crippen molar-refractivity contribution in [2.45, 2.75) is 27.7 Å². The molecular weight excluding hydrogens is 445 g/mol. The van der Waals surface area contributed by atoms with Crippen LogP contribution in [0, 0.1) is 6.54 Å². The number of carbonyl (C=O) groups is 3. The van der Waals surface area contributed by atoms with Gasteiger partial charge in [-0.1, -0.05) is 12.2 Å². The second-order valence-corrected chi connectivity index (χ2v) is 7.97.